The second-order valence-electron chi connectivity index (χ2n) is 3.93. The summed E-state index contributed by atoms with van der Waals surface area (Å²) in [7, 11) is 0. The summed E-state index contributed by atoms with van der Waals surface area (Å²) < 4.78 is 39.6. The van der Waals surface area contributed by atoms with Crippen molar-refractivity contribution < 1.29 is 22.8 Å². The van der Waals surface area contributed by atoms with Crippen LogP contribution in [0.15, 0.2) is 24.4 Å². The molecule has 0 aliphatic rings. The molecular formula is C13H8F3NO2. The van der Waals surface area contributed by atoms with Crippen molar-refractivity contribution in [3.8, 4) is 0 Å². The van der Waals surface area contributed by atoms with Crippen molar-refractivity contribution in [3.63, 3.8) is 0 Å². The average Bonchev–Trinajstić information content (AvgIpc) is 2.76. The number of halogens is 3. The minimum atomic E-state index is -1.28. The van der Waals surface area contributed by atoms with Gasteiger partial charge in [-0.05, 0) is 6.07 Å². The molecule has 0 atom stereocenters. The molecule has 0 fully saturated rings. The highest BCUT2D eigenvalue weighted by atomic mass is 19.1. The van der Waals surface area contributed by atoms with Gasteiger partial charge in [-0.25, -0.2) is 13.2 Å². The Balaban J connectivity index is 2.47. The number of nitrogens with one attached hydrogen (secondary N) is 1. The zero-order chi connectivity index (χ0) is 14.2. The van der Waals surface area contributed by atoms with E-state index in [9.17, 15) is 22.8 Å². The summed E-state index contributed by atoms with van der Waals surface area (Å²) in [6, 6.07) is 2.04. The molecule has 0 unspecified atom stereocenters. The molecule has 0 aliphatic carbocycles. The predicted molar refractivity (Wildman–Crippen MR) is 60.5 cm³/mol. The largest absolute Gasteiger partial charge is 0.358 e. The summed E-state index contributed by atoms with van der Waals surface area (Å²) in [6.07, 6.45) is 1.17. The van der Waals surface area contributed by atoms with E-state index >= 15 is 0 Å². The Hall–Kier alpha value is -2.37. The van der Waals surface area contributed by atoms with E-state index in [-0.39, 0.29) is 17.0 Å². The maximum atomic E-state index is 13.4. The lowest BCUT2D eigenvalue weighted by Crippen LogP contribution is -2.07. The first-order chi connectivity index (χ1) is 8.90. The molecule has 6 heteroatoms. The van der Waals surface area contributed by atoms with Crippen molar-refractivity contribution >= 4 is 11.6 Å². The van der Waals surface area contributed by atoms with Crippen molar-refractivity contribution in [2.75, 3.05) is 0 Å². The van der Waals surface area contributed by atoms with E-state index in [2.05, 4.69) is 4.98 Å². The van der Waals surface area contributed by atoms with Crippen molar-refractivity contribution in [2.24, 2.45) is 0 Å². The number of ketones is 2. The lowest BCUT2D eigenvalue weighted by Gasteiger charge is -2.02. The molecule has 1 N–H and O–H groups in total. The standard InChI is InChI=1S/C13H8F3NO2/c1-6(18)11-2-7(5-17-11)13(19)12-9(15)3-8(14)4-10(12)16/h2-5,17H,1H3. The third kappa shape index (κ3) is 2.42. The average molecular weight is 267 g/mol. The van der Waals surface area contributed by atoms with Gasteiger partial charge in [0.2, 0.25) is 0 Å². The molecule has 3 nitrogen and oxygen atoms in total. The maximum Gasteiger partial charge on any atom is 0.200 e. The Morgan fingerprint density at radius 1 is 1.05 bits per heavy atom. The van der Waals surface area contributed by atoms with Gasteiger partial charge in [-0.3, -0.25) is 9.59 Å². The van der Waals surface area contributed by atoms with Crippen molar-refractivity contribution in [1.82, 2.24) is 4.98 Å². The van der Waals surface area contributed by atoms with Gasteiger partial charge in [-0.2, -0.15) is 0 Å². The summed E-state index contributed by atoms with van der Waals surface area (Å²) in [6.45, 7) is 1.28. The summed E-state index contributed by atoms with van der Waals surface area (Å²) in [4.78, 5) is 25.5. The zero-order valence-electron chi connectivity index (χ0n) is 9.76. The van der Waals surface area contributed by atoms with Crippen LogP contribution in [0, 0.1) is 17.5 Å². The van der Waals surface area contributed by atoms with Crippen molar-refractivity contribution in [3.05, 3.63) is 58.7 Å². The molecule has 0 amide bonds. The molecule has 1 heterocycles. The number of benzene rings is 1. The molecule has 98 valence electrons. The van der Waals surface area contributed by atoms with Crippen LogP contribution >= 0.6 is 0 Å². The van der Waals surface area contributed by atoms with Gasteiger partial charge in [-0.1, -0.05) is 0 Å². The van der Waals surface area contributed by atoms with Gasteiger partial charge < -0.3 is 4.98 Å². The van der Waals surface area contributed by atoms with E-state index in [1.54, 1.807) is 0 Å². The molecule has 0 bridgehead atoms. The van der Waals surface area contributed by atoms with Crippen molar-refractivity contribution in [2.45, 2.75) is 6.92 Å². The molecule has 0 radical (unpaired) electrons. The van der Waals surface area contributed by atoms with E-state index in [1.807, 2.05) is 0 Å². The predicted octanol–water partition coefficient (Wildman–Crippen LogP) is 2.87. The molecule has 1 aromatic carbocycles. The van der Waals surface area contributed by atoms with Crippen LogP contribution in [0.4, 0.5) is 13.2 Å². The normalized spacial score (nSPS) is 10.5. The van der Waals surface area contributed by atoms with E-state index < -0.39 is 28.8 Å². The Kier molecular flexibility index (Phi) is 3.25. The van der Waals surface area contributed by atoms with E-state index in [4.69, 9.17) is 0 Å². The molecule has 0 saturated heterocycles. The van der Waals surface area contributed by atoms with Gasteiger partial charge in [0.05, 0.1) is 11.3 Å². The molecular weight excluding hydrogens is 259 g/mol. The molecule has 2 aromatic rings. The summed E-state index contributed by atoms with van der Waals surface area (Å²) in [5.74, 6) is -4.95. The van der Waals surface area contributed by atoms with Crippen LogP contribution in [0.25, 0.3) is 0 Å². The highest BCUT2D eigenvalue weighted by Gasteiger charge is 2.21. The van der Waals surface area contributed by atoms with Gasteiger partial charge in [-0.15, -0.1) is 0 Å². The monoisotopic (exact) mass is 267 g/mol. The molecule has 19 heavy (non-hydrogen) atoms. The van der Waals surface area contributed by atoms with Crippen LogP contribution in [0.5, 0.6) is 0 Å². The van der Waals surface area contributed by atoms with Crippen LogP contribution in [0.2, 0.25) is 0 Å². The van der Waals surface area contributed by atoms with Gasteiger partial charge in [0, 0.05) is 30.8 Å². The number of H-pyrrole nitrogens is 1. The van der Waals surface area contributed by atoms with Crippen LogP contribution in [0.1, 0.15) is 33.3 Å². The third-order valence-electron chi connectivity index (χ3n) is 2.56. The zero-order valence-corrected chi connectivity index (χ0v) is 9.76. The number of Topliss-reactive ketones (excluding diaryl/α,β-unsaturated/α-hetero) is 1. The topological polar surface area (TPSA) is 49.9 Å². The van der Waals surface area contributed by atoms with Crippen LogP contribution in [-0.2, 0) is 0 Å². The molecule has 0 spiro atoms. The smallest absolute Gasteiger partial charge is 0.200 e. The highest BCUT2D eigenvalue weighted by molar-refractivity contribution is 6.10. The quantitative estimate of drug-likeness (QED) is 0.869. The van der Waals surface area contributed by atoms with E-state index in [1.165, 1.54) is 19.2 Å². The number of rotatable bonds is 3. The molecule has 0 saturated carbocycles. The van der Waals surface area contributed by atoms with Gasteiger partial charge in [0.25, 0.3) is 0 Å². The van der Waals surface area contributed by atoms with Gasteiger partial charge in [0.15, 0.2) is 11.6 Å². The van der Waals surface area contributed by atoms with E-state index in [0.29, 0.717) is 12.1 Å². The number of aromatic nitrogens is 1. The SMILES string of the molecule is CC(=O)c1cc(C(=O)c2c(F)cc(F)cc2F)c[nH]1. The highest BCUT2D eigenvalue weighted by Crippen LogP contribution is 2.19. The van der Waals surface area contributed by atoms with Crippen LogP contribution in [-0.4, -0.2) is 16.6 Å². The second-order valence-corrected chi connectivity index (χ2v) is 3.93. The maximum absolute atomic E-state index is 13.4. The molecule has 1 aromatic heterocycles. The molecule has 2 rings (SSSR count). The fourth-order valence-electron chi connectivity index (χ4n) is 1.63. The lowest BCUT2D eigenvalue weighted by molar-refractivity contribution is 0.101. The van der Waals surface area contributed by atoms with E-state index in [0.717, 1.165) is 0 Å². The minimum Gasteiger partial charge on any atom is -0.358 e. The minimum absolute atomic E-state index is 0.0744. The number of carbonyl (C=O) groups is 2. The van der Waals surface area contributed by atoms with Gasteiger partial charge in [0.1, 0.15) is 17.5 Å². The first-order valence-corrected chi connectivity index (χ1v) is 5.28. The summed E-state index contributed by atoms with van der Waals surface area (Å²) in [5.41, 5.74) is -0.781. The third-order valence-corrected chi connectivity index (χ3v) is 2.56. The second kappa shape index (κ2) is 4.72. The summed E-state index contributed by atoms with van der Waals surface area (Å²) >= 11 is 0. The van der Waals surface area contributed by atoms with Crippen LogP contribution < -0.4 is 0 Å². The number of hydrogen-bond donors (Lipinski definition) is 1. The Labute approximate surface area is 106 Å². The lowest BCUT2D eigenvalue weighted by atomic mass is 10.0. The number of aromatic amines is 1. The Morgan fingerprint density at radius 2 is 1.63 bits per heavy atom. The van der Waals surface area contributed by atoms with Crippen molar-refractivity contribution in [1.29, 1.82) is 0 Å². The summed E-state index contributed by atoms with van der Waals surface area (Å²) in [5, 5.41) is 0. The first-order valence-electron chi connectivity index (χ1n) is 5.28. The fraction of sp³-hybridized carbons (Fsp3) is 0.0769. The fourth-order valence-corrected chi connectivity index (χ4v) is 1.63. The van der Waals surface area contributed by atoms with Gasteiger partial charge >= 0.3 is 0 Å². The Morgan fingerprint density at radius 3 is 2.11 bits per heavy atom. The molecule has 0 aliphatic heterocycles. The number of carbonyl (C=O) groups excluding carboxylic acids is 2. The Bertz CT molecular complexity index is 653. The van der Waals surface area contributed by atoms with Crippen LogP contribution in [0.3, 0.4) is 0 Å². The number of hydrogen-bond acceptors (Lipinski definition) is 2. The first kappa shape index (κ1) is 13.1.